The Morgan fingerprint density at radius 1 is 1.50 bits per heavy atom. The number of rotatable bonds is 5. The van der Waals surface area contributed by atoms with Gasteiger partial charge in [-0.3, -0.25) is 0 Å². The number of nitrogens with two attached hydrogens (primary N) is 1. The number of aliphatic hydroxyl groups excluding tert-OH is 1. The zero-order valence-electron chi connectivity index (χ0n) is 9.03. The van der Waals surface area contributed by atoms with Crippen LogP contribution in [-0.4, -0.2) is 18.3 Å². The first kappa shape index (κ1) is 11.4. The molecule has 1 aromatic rings. The fourth-order valence-corrected chi connectivity index (χ4v) is 1.53. The van der Waals surface area contributed by atoms with E-state index in [0.717, 1.165) is 0 Å². The van der Waals surface area contributed by atoms with Crippen LogP contribution in [0.2, 0.25) is 0 Å². The molecular formula is C12H16FNO2. The Bertz CT molecular complexity index is 366. The summed E-state index contributed by atoms with van der Waals surface area (Å²) in [5.74, 6) is 0.843. The van der Waals surface area contributed by atoms with Gasteiger partial charge in [-0.2, -0.15) is 0 Å². The monoisotopic (exact) mass is 225 g/mol. The summed E-state index contributed by atoms with van der Waals surface area (Å²) in [5, 5.41) is 8.99. The van der Waals surface area contributed by atoms with E-state index in [9.17, 15) is 4.39 Å². The van der Waals surface area contributed by atoms with Crippen molar-refractivity contribution in [2.75, 3.05) is 13.2 Å². The lowest BCUT2D eigenvalue weighted by atomic mass is 10.1. The number of hydrogen-bond acceptors (Lipinski definition) is 3. The van der Waals surface area contributed by atoms with Crippen molar-refractivity contribution in [2.45, 2.75) is 18.9 Å². The highest BCUT2D eigenvalue weighted by atomic mass is 19.1. The van der Waals surface area contributed by atoms with Crippen LogP contribution in [0.4, 0.5) is 4.39 Å². The maximum absolute atomic E-state index is 13.1. The van der Waals surface area contributed by atoms with E-state index in [-0.39, 0.29) is 12.4 Å². The summed E-state index contributed by atoms with van der Waals surface area (Å²) in [6, 6.07) is 3.64. The van der Waals surface area contributed by atoms with Gasteiger partial charge in [0.25, 0.3) is 0 Å². The third-order valence-corrected chi connectivity index (χ3v) is 2.74. The molecule has 0 spiro atoms. The summed E-state index contributed by atoms with van der Waals surface area (Å²) < 4.78 is 18.6. The van der Waals surface area contributed by atoms with Gasteiger partial charge in [-0.05, 0) is 37.0 Å². The van der Waals surface area contributed by atoms with Crippen LogP contribution in [0.15, 0.2) is 18.2 Å². The third kappa shape index (κ3) is 2.71. The molecule has 1 saturated carbocycles. The van der Waals surface area contributed by atoms with E-state index in [4.69, 9.17) is 15.6 Å². The summed E-state index contributed by atoms with van der Waals surface area (Å²) >= 11 is 0. The minimum absolute atomic E-state index is 0.219. The second-order valence-corrected chi connectivity index (χ2v) is 4.23. The average molecular weight is 225 g/mol. The Morgan fingerprint density at radius 2 is 2.25 bits per heavy atom. The third-order valence-electron chi connectivity index (χ3n) is 2.74. The Morgan fingerprint density at radius 3 is 2.88 bits per heavy atom. The molecule has 1 aliphatic rings. The van der Waals surface area contributed by atoms with E-state index in [1.807, 2.05) is 0 Å². The van der Waals surface area contributed by atoms with Crippen molar-refractivity contribution in [2.24, 2.45) is 11.7 Å². The van der Waals surface area contributed by atoms with Crippen LogP contribution in [-0.2, 0) is 0 Å². The summed E-state index contributed by atoms with van der Waals surface area (Å²) in [6.07, 6.45) is 2.39. The summed E-state index contributed by atoms with van der Waals surface area (Å²) in [6.45, 7) is 0.431. The van der Waals surface area contributed by atoms with Gasteiger partial charge in [0.05, 0.1) is 19.3 Å². The summed E-state index contributed by atoms with van der Waals surface area (Å²) in [7, 11) is 0. The number of ether oxygens (including phenoxy) is 1. The second kappa shape index (κ2) is 4.80. The molecular weight excluding hydrogens is 209 g/mol. The first-order valence-corrected chi connectivity index (χ1v) is 5.49. The van der Waals surface area contributed by atoms with Gasteiger partial charge in [-0.1, -0.05) is 0 Å². The molecule has 0 heterocycles. The van der Waals surface area contributed by atoms with Crippen LogP contribution in [0.1, 0.15) is 24.4 Å². The highest BCUT2D eigenvalue weighted by molar-refractivity contribution is 5.36. The molecule has 3 nitrogen and oxygen atoms in total. The van der Waals surface area contributed by atoms with Gasteiger partial charge in [-0.15, -0.1) is 0 Å². The topological polar surface area (TPSA) is 55.5 Å². The maximum Gasteiger partial charge on any atom is 0.124 e. The van der Waals surface area contributed by atoms with E-state index >= 15 is 0 Å². The Hall–Kier alpha value is -1.13. The first-order valence-electron chi connectivity index (χ1n) is 5.49. The number of halogens is 1. The smallest absolute Gasteiger partial charge is 0.124 e. The molecule has 1 aliphatic carbocycles. The fraction of sp³-hybridized carbons (Fsp3) is 0.500. The minimum atomic E-state index is -0.593. The van der Waals surface area contributed by atoms with Crippen molar-refractivity contribution in [1.29, 1.82) is 0 Å². The van der Waals surface area contributed by atoms with Crippen LogP contribution < -0.4 is 10.5 Å². The van der Waals surface area contributed by atoms with Gasteiger partial charge < -0.3 is 15.6 Å². The van der Waals surface area contributed by atoms with Crippen molar-refractivity contribution in [3.05, 3.63) is 29.6 Å². The minimum Gasteiger partial charge on any atom is -0.493 e. The van der Waals surface area contributed by atoms with E-state index in [1.54, 1.807) is 6.07 Å². The molecule has 3 N–H and O–H groups in total. The lowest BCUT2D eigenvalue weighted by molar-refractivity contribution is 0.256. The van der Waals surface area contributed by atoms with Gasteiger partial charge in [0.1, 0.15) is 11.6 Å². The van der Waals surface area contributed by atoms with Gasteiger partial charge in [0, 0.05) is 5.56 Å². The van der Waals surface area contributed by atoms with Crippen molar-refractivity contribution in [3.63, 3.8) is 0 Å². The molecule has 0 saturated heterocycles. The molecule has 1 unspecified atom stereocenters. The Kier molecular flexibility index (Phi) is 3.41. The highest BCUT2D eigenvalue weighted by Crippen LogP contribution is 2.31. The van der Waals surface area contributed by atoms with E-state index < -0.39 is 6.04 Å². The molecule has 0 bridgehead atoms. The molecule has 0 amide bonds. The predicted octanol–water partition coefficient (Wildman–Crippen LogP) is 1.61. The van der Waals surface area contributed by atoms with Crippen LogP contribution in [0.5, 0.6) is 5.75 Å². The SMILES string of the molecule is NC(CO)c1cc(F)ccc1OCC1CC1. The van der Waals surface area contributed by atoms with Crippen LogP contribution in [0.3, 0.4) is 0 Å². The number of benzene rings is 1. The van der Waals surface area contributed by atoms with Crippen molar-refractivity contribution < 1.29 is 14.2 Å². The molecule has 4 heteroatoms. The second-order valence-electron chi connectivity index (χ2n) is 4.23. The van der Waals surface area contributed by atoms with Gasteiger partial charge in [0.15, 0.2) is 0 Å². The predicted molar refractivity (Wildman–Crippen MR) is 58.6 cm³/mol. The number of aliphatic hydroxyl groups is 1. The standard InChI is InChI=1S/C12H16FNO2/c13-9-3-4-12(16-7-8-1-2-8)10(5-9)11(14)6-15/h3-5,8,11,15H,1-2,6-7,14H2. The Labute approximate surface area is 94.0 Å². The first-order chi connectivity index (χ1) is 7.70. The van der Waals surface area contributed by atoms with Gasteiger partial charge >= 0.3 is 0 Å². The molecule has 0 aromatic heterocycles. The average Bonchev–Trinajstić information content (AvgIpc) is 3.10. The number of hydrogen-bond donors (Lipinski definition) is 2. The zero-order chi connectivity index (χ0) is 11.5. The Balaban J connectivity index is 2.13. The molecule has 0 radical (unpaired) electrons. The van der Waals surface area contributed by atoms with Gasteiger partial charge in [-0.25, -0.2) is 4.39 Å². The molecule has 2 rings (SSSR count). The van der Waals surface area contributed by atoms with Crippen molar-refractivity contribution >= 4 is 0 Å². The van der Waals surface area contributed by atoms with Gasteiger partial charge in [0.2, 0.25) is 0 Å². The molecule has 1 atom stereocenters. The lowest BCUT2D eigenvalue weighted by Gasteiger charge is -2.15. The molecule has 16 heavy (non-hydrogen) atoms. The van der Waals surface area contributed by atoms with Crippen molar-refractivity contribution in [3.8, 4) is 5.75 Å². The van der Waals surface area contributed by atoms with E-state index in [2.05, 4.69) is 0 Å². The lowest BCUT2D eigenvalue weighted by Crippen LogP contribution is -2.16. The molecule has 88 valence electrons. The normalized spacial score (nSPS) is 17.2. The fourth-order valence-electron chi connectivity index (χ4n) is 1.53. The van der Waals surface area contributed by atoms with Crippen molar-refractivity contribution in [1.82, 2.24) is 0 Å². The van der Waals surface area contributed by atoms with Crippen LogP contribution in [0, 0.1) is 11.7 Å². The van der Waals surface area contributed by atoms with E-state index in [0.29, 0.717) is 23.8 Å². The molecule has 0 aliphatic heterocycles. The summed E-state index contributed by atoms with van der Waals surface area (Å²) in [5.41, 5.74) is 6.22. The van der Waals surface area contributed by atoms with E-state index in [1.165, 1.54) is 25.0 Å². The maximum atomic E-state index is 13.1. The molecule has 1 aromatic carbocycles. The molecule has 1 fully saturated rings. The quantitative estimate of drug-likeness (QED) is 0.800. The zero-order valence-corrected chi connectivity index (χ0v) is 9.03. The van der Waals surface area contributed by atoms with Crippen LogP contribution in [0.25, 0.3) is 0 Å². The largest absolute Gasteiger partial charge is 0.493 e. The highest BCUT2D eigenvalue weighted by Gasteiger charge is 2.23. The van der Waals surface area contributed by atoms with Crippen LogP contribution >= 0.6 is 0 Å². The summed E-state index contributed by atoms with van der Waals surface area (Å²) in [4.78, 5) is 0.